The second kappa shape index (κ2) is 8.07. The van der Waals surface area contributed by atoms with Gasteiger partial charge in [0.25, 0.3) is 5.91 Å². The van der Waals surface area contributed by atoms with Gasteiger partial charge in [-0.3, -0.25) is 4.79 Å². The number of hydrogen-bond donors (Lipinski definition) is 1. The fourth-order valence-electron chi connectivity index (χ4n) is 3.28. The van der Waals surface area contributed by atoms with Crippen LogP contribution in [-0.2, 0) is 9.53 Å². The summed E-state index contributed by atoms with van der Waals surface area (Å²) in [4.78, 5) is 24.2. The Hall–Kier alpha value is -2.77. The second-order valence-electron chi connectivity index (χ2n) is 6.82. The molecule has 0 radical (unpaired) electrons. The van der Waals surface area contributed by atoms with Crippen LogP contribution in [0.2, 0.25) is 0 Å². The van der Waals surface area contributed by atoms with E-state index in [2.05, 4.69) is 34.7 Å². The van der Waals surface area contributed by atoms with E-state index in [4.69, 9.17) is 4.74 Å². The summed E-state index contributed by atoms with van der Waals surface area (Å²) < 4.78 is 6.61. The smallest absolute Gasteiger partial charge is 0.338 e. The summed E-state index contributed by atoms with van der Waals surface area (Å²) >= 11 is 0. The quantitative estimate of drug-likeness (QED) is 0.819. The molecule has 2 aromatic rings. The molecular weight excluding hydrogens is 334 g/mol. The van der Waals surface area contributed by atoms with E-state index < -0.39 is 5.97 Å². The Morgan fingerprint density at radius 1 is 1.23 bits per heavy atom. The van der Waals surface area contributed by atoms with E-state index in [1.165, 1.54) is 17.4 Å². The summed E-state index contributed by atoms with van der Waals surface area (Å²) in [6.07, 6.45) is 4.75. The normalized spacial score (nSPS) is 22.6. The van der Waals surface area contributed by atoms with Gasteiger partial charge in [-0.05, 0) is 52.9 Å². The summed E-state index contributed by atoms with van der Waals surface area (Å²) in [6, 6.07) is 6.79. The molecule has 0 bridgehead atoms. The zero-order chi connectivity index (χ0) is 18.5. The number of hydrogen-bond acceptors (Lipinski definition) is 6. The van der Waals surface area contributed by atoms with Gasteiger partial charge in [0, 0.05) is 6.04 Å². The Labute approximate surface area is 151 Å². The Bertz CT molecular complexity index is 745. The lowest BCUT2D eigenvalue weighted by atomic mass is 9.78. The van der Waals surface area contributed by atoms with E-state index >= 15 is 0 Å². The number of carbonyl (C=O) groups excluding carboxylic acids is 2. The molecule has 1 amide bonds. The van der Waals surface area contributed by atoms with Gasteiger partial charge < -0.3 is 10.1 Å². The van der Waals surface area contributed by atoms with E-state index in [1.807, 2.05) is 0 Å². The molecule has 0 spiro atoms. The summed E-state index contributed by atoms with van der Waals surface area (Å²) in [5, 5.41) is 13.9. The van der Waals surface area contributed by atoms with E-state index in [1.54, 1.807) is 24.3 Å². The van der Waals surface area contributed by atoms with Gasteiger partial charge in [0.1, 0.15) is 6.33 Å². The highest BCUT2D eigenvalue weighted by atomic mass is 16.5. The highest BCUT2D eigenvalue weighted by molar-refractivity contribution is 5.91. The van der Waals surface area contributed by atoms with Crippen LogP contribution in [0.1, 0.15) is 43.5 Å². The number of carbonyl (C=O) groups is 2. The van der Waals surface area contributed by atoms with Crippen LogP contribution in [0.15, 0.2) is 30.6 Å². The van der Waals surface area contributed by atoms with Gasteiger partial charge in [-0.1, -0.05) is 26.7 Å². The van der Waals surface area contributed by atoms with Gasteiger partial charge in [0.05, 0.1) is 11.3 Å². The third-order valence-corrected chi connectivity index (χ3v) is 5.10. The number of nitrogens with zero attached hydrogens (tertiary/aromatic N) is 4. The molecule has 0 unspecified atom stereocenters. The number of amides is 1. The average Bonchev–Trinajstić information content (AvgIpc) is 3.18. The first-order chi connectivity index (χ1) is 12.5. The molecule has 1 aromatic heterocycles. The van der Waals surface area contributed by atoms with Crippen molar-refractivity contribution in [2.24, 2.45) is 11.8 Å². The minimum Gasteiger partial charge on any atom is -0.452 e. The molecule has 8 nitrogen and oxygen atoms in total. The summed E-state index contributed by atoms with van der Waals surface area (Å²) in [5.41, 5.74) is 1.10. The highest BCUT2D eigenvalue weighted by Crippen LogP contribution is 2.29. The maximum Gasteiger partial charge on any atom is 0.338 e. The topological polar surface area (TPSA) is 99.0 Å². The second-order valence-corrected chi connectivity index (χ2v) is 6.82. The summed E-state index contributed by atoms with van der Waals surface area (Å²) in [6.45, 7) is 4.10. The number of rotatable bonds is 5. The van der Waals surface area contributed by atoms with E-state index in [0.29, 0.717) is 17.4 Å². The summed E-state index contributed by atoms with van der Waals surface area (Å²) in [7, 11) is 0. The lowest BCUT2D eigenvalue weighted by molar-refractivity contribution is -0.125. The fourth-order valence-corrected chi connectivity index (χ4v) is 3.28. The van der Waals surface area contributed by atoms with Gasteiger partial charge >= 0.3 is 5.97 Å². The maximum absolute atomic E-state index is 12.1. The Balaban J connectivity index is 1.49. The number of esters is 1. The van der Waals surface area contributed by atoms with Gasteiger partial charge in [-0.2, -0.15) is 0 Å². The lowest BCUT2D eigenvalue weighted by Gasteiger charge is -2.34. The first-order valence-corrected chi connectivity index (χ1v) is 8.84. The monoisotopic (exact) mass is 357 g/mol. The van der Waals surface area contributed by atoms with Crippen molar-refractivity contribution in [2.45, 2.75) is 39.2 Å². The highest BCUT2D eigenvalue weighted by Gasteiger charge is 2.28. The molecular formula is C18H23N5O3. The molecule has 1 N–H and O–H groups in total. The van der Waals surface area contributed by atoms with Crippen molar-refractivity contribution in [1.82, 2.24) is 25.5 Å². The molecule has 3 rings (SSSR count). The molecule has 26 heavy (non-hydrogen) atoms. The Kier molecular flexibility index (Phi) is 5.60. The molecule has 0 saturated heterocycles. The molecule has 1 aliphatic carbocycles. The minimum atomic E-state index is -0.534. The van der Waals surface area contributed by atoms with E-state index in [-0.39, 0.29) is 18.6 Å². The molecule has 1 fully saturated rings. The molecule has 1 heterocycles. The predicted molar refractivity (Wildman–Crippen MR) is 93.5 cm³/mol. The minimum absolute atomic E-state index is 0.153. The predicted octanol–water partition coefficient (Wildman–Crippen LogP) is 1.76. The fraction of sp³-hybridized carbons (Fsp3) is 0.500. The van der Waals surface area contributed by atoms with Crippen molar-refractivity contribution in [3.8, 4) is 5.69 Å². The Morgan fingerprint density at radius 3 is 2.69 bits per heavy atom. The summed E-state index contributed by atoms with van der Waals surface area (Å²) in [5.74, 6) is 0.237. The van der Waals surface area contributed by atoms with Crippen molar-refractivity contribution in [2.75, 3.05) is 6.61 Å². The largest absolute Gasteiger partial charge is 0.452 e. The first kappa shape index (κ1) is 18.0. The molecule has 1 saturated carbocycles. The third-order valence-electron chi connectivity index (χ3n) is 5.10. The van der Waals surface area contributed by atoms with Gasteiger partial charge in [-0.25, -0.2) is 9.48 Å². The van der Waals surface area contributed by atoms with Crippen LogP contribution < -0.4 is 5.32 Å². The molecule has 1 aromatic carbocycles. The Morgan fingerprint density at radius 2 is 2.00 bits per heavy atom. The van der Waals surface area contributed by atoms with Crippen LogP contribution in [0.5, 0.6) is 0 Å². The molecule has 1 aliphatic rings. The zero-order valence-electron chi connectivity index (χ0n) is 15.0. The van der Waals surface area contributed by atoms with Crippen molar-refractivity contribution in [1.29, 1.82) is 0 Å². The van der Waals surface area contributed by atoms with Gasteiger partial charge in [0.15, 0.2) is 6.61 Å². The number of benzene rings is 1. The van der Waals surface area contributed by atoms with Crippen molar-refractivity contribution >= 4 is 11.9 Å². The average molecular weight is 357 g/mol. The van der Waals surface area contributed by atoms with Crippen LogP contribution in [-0.4, -0.2) is 44.7 Å². The molecule has 8 heteroatoms. The third kappa shape index (κ3) is 4.25. The number of nitrogens with one attached hydrogen (secondary N) is 1. The van der Waals surface area contributed by atoms with E-state index in [0.717, 1.165) is 18.5 Å². The lowest BCUT2D eigenvalue weighted by Crippen LogP contribution is -2.45. The van der Waals surface area contributed by atoms with Crippen LogP contribution in [0.25, 0.3) is 5.69 Å². The van der Waals surface area contributed by atoms with Crippen LogP contribution in [0.3, 0.4) is 0 Å². The molecule has 3 atom stereocenters. The SMILES string of the molecule is C[C@H]1[C@H](C)CCC[C@H]1NC(=O)COC(=O)c1ccc(-n2cnnn2)cc1. The van der Waals surface area contributed by atoms with Gasteiger partial charge in [0.2, 0.25) is 0 Å². The van der Waals surface area contributed by atoms with Gasteiger partial charge in [-0.15, -0.1) is 5.10 Å². The number of tetrazole rings is 1. The van der Waals surface area contributed by atoms with Crippen LogP contribution in [0.4, 0.5) is 0 Å². The standard InChI is InChI=1S/C18H23N5O3/c1-12-4-3-5-16(13(12)2)20-17(24)10-26-18(25)14-6-8-15(9-7-14)23-11-19-21-22-23/h6-9,11-13,16H,3-5,10H2,1-2H3,(H,20,24)/t12-,13+,16-/m1/s1. The van der Waals surface area contributed by atoms with Crippen molar-refractivity contribution in [3.63, 3.8) is 0 Å². The maximum atomic E-state index is 12.1. The van der Waals surface area contributed by atoms with Crippen LogP contribution >= 0.6 is 0 Å². The van der Waals surface area contributed by atoms with Crippen molar-refractivity contribution in [3.05, 3.63) is 36.2 Å². The number of aromatic nitrogens is 4. The first-order valence-electron chi connectivity index (χ1n) is 8.84. The van der Waals surface area contributed by atoms with Crippen molar-refractivity contribution < 1.29 is 14.3 Å². The molecule has 0 aliphatic heterocycles. The number of ether oxygens (including phenoxy) is 1. The van der Waals surface area contributed by atoms with E-state index in [9.17, 15) is 9.59 Å². The zero-order valence-corrected chi connectivity index (χ0v) is 15.0. The van der Waals surface area contributed by atoms with Crippen LogP contribution in [0, 0.1) is 11.8 Å². The molecule has 138 valence electrons.